The van der Waals surface area contributed by atoms with E-state index < -0.39 is 0 Å². The van der Waals surface area contributed by atoms with Crippen molar-refractivity contribution in [1.82, 2.24) is 0 Å². The number of aliphatic hydroxyl groups is 1. The van der Waals surface area contributed by atoms with Gasteiger partial charge in [0.15, 0.2) is 0 Å². The van der Waals surface area contributed by atoms with Crippen molar-refractivity contribution in [3.63, 3.8) is 0 Å². The molecule has 1 aromatic carbocycles. The number of halogens is 2. The Labute approximate surface area is 122 Å². The Balaban J connectivity index is 2.31. The van der Waals surface area contributed by atoms with Crippen molar-refractivity contribution in [2.45, 2.75) is 26.4 Å². The number of quaternary nitrogens is 1. The second kappa shape index (κ2) is 8.00. The summed E-state index contributed by atoms with van der Waals surface area (Å²) in [7, 11) is 0. The first-order valence-corrected chi connectivity index (χ1v) is 7.26. The van der Waals surface area contributed by atoms with Gasteiger partial charge >= 0.3 is 0 Å². The van der Waals surface area contributed by atoms with E-state index in [1.165, 1.54) is 0 Å². The van der Waals surface area contributed by atoms with Gasteiger partial charge in [-0.1, -0.05) is 11.6 Å². The van der Waals surface area contributed by atoms with Crippen LogP contribution in [0.4, 0.5) is 0 Å². The Kier molecular flexibility index (Phi) is 7.00. The molecule has 0 fully saturated rings. The third kappa shape index (κ3) is 5.57. The van der Waals surface area contributed by atoms with Crippen molar-refractivity contribution < 1.29 is 15.2 Å². The van der Waals surface area contributed by atoms with Gasteiger partial charge < -0.3 is 15.2 Å². The zero-order chi connectivity index (χ0) is 13.5. The van der Waals surface area contributed by atoms with Gasteiger partial charge in [-0.25, -0.2) is 0 Å². The highest BCUT2D eigenvalue weighted by Crippen LogP contribution is 2.32. The smallest absolute Gasteiger partial charge is 0.136 e. The number of ether oxygens (including phenoxy) is 1. The van der Waals surface area contributed by atoms with Crippen LogP contribution in [0, 0.1) is 6.92 Å². The first kappa shape index (κ1) is 15.8. The van der Waals surface area contributed by atoms with E-state index in [-0.39, 0.29) is 6.10 Å². The lowest BCUT2D eigenvalue weighted by molar-refractivity contribution is -0.660. The van der Waals surface area contributed by atoms with Crippen molar-refractivity contribution in [3.8, 4) is 5.75 Å². The van der Waals surface area contributed by atoms with Gasteiger partial charge in [-0.15, -0.1) is 0 Å². The number of hydrogen-bond donors (Lipinski definition) is 2. The van der Waals surface area contributed by atoms with Crippen LogP contribution in [0.3, 0.4) is 0 Å². The van der Waals surface area contributed by atoms with E-state index in [4.69, 9.17) is 21.4 Å². The molecule has 1 aromatic rings. The van der Waals surface area contributed by atoms with E-state index in [1.807, 2.05) is 19.1 Å². The summed E-state index contributed by atoms with van der Waals surface area (Å²) in [5.74, 6) is 0.856. The summed E-state index contributed by atoms with van der Waals surface area (Å²) >= 11 is 9.39. The van der Waals surface area contributed by atoms with Crippen LogP contribution >= 0.6 is 27.5 Å². The summed E-state index contributed by atoms with van der Waals surface area (Å²) < 4.78 is 6.63. The maximum Gasteiger partial charge on any atom is 0.136 e. The molecule has 0 aromatic heterocycles. The first-order valence-electron chi connectivity index (χ1n) is 6.09. The van der Waals surface area contributed by atoms with Crippen molar-refractivity contribution in [2.75, 3.05) is 19.7 Å². The molecule has 0 aliphatic rings. The van der Waals surface area contributed by atoms with Gasteiger partial charge in [0.25, 0.3) is 0 Å². The summed E-state index contributed by atoms with van der Waals surface area (Å²) in [6, 6.07) is 3.73. The molecular weight excluding hydrogens is 318 g/mol. The summed E-state index contributed by atoms with van der Waals surface area (Å²) in [5, 5.41) is 11.9. The summed E-state index contributed by atoms with van der Waals surface area (Å²) in [6.45, 7) is 6.13. The molecule has 1 rings (SSSR count). The van der Waals surface area contributed by atoms with Crippen LogP contribution in [0.5, 0.6) is 5.75 Å². The monoisotopic (exact) mass is 336 g/mol. The third-order valence-electron chi connectivity index (χ3n) is 2.50. The zero-order valence-corrected chi connectivity index (χ0v) is 13.1. The maximum absolute atomic E-state index is 9.10. The molecule has 0 spiro atoms. The molecule has 0 radical (unpaired) electrons. The molecule has 0 unspecified atom stereocenters. The van der Waals surface area contributed by atoms with E-state index in [1.54, 1.807) is 6.92 Å². The molecular formula is C13H20BrClNO2+. The molecule has 5 heteroatoms. The third-order valence-corrected chi connectivity index (χ3v) is 3.31. The standard InChI is InChI=1S/C13H19BrClNO2/c1-9-6-11(15)7-12(14)13(9)18-5-3-4-16-8-10(2)17/h6-7,10,16-17H,3-5,8H2,1-2H3/p+1/t10-/m1/s1. The van der Waals surface area contributed by atoms with Crippen LogP contribution in [-0.4, -0.2) is 30.9 Å². The number of nitrogens with two attached hydrogens (primary N) is 1. The van der Waals surface area contributed by atoms with Gasteiger partial charge in [0.05, 0.1) is 23.7 Å². The number of aliphatic hydroxyl groups excluding tert-OH is 1. The molecule has 0 saturated carbocycles. The van der Waals surface area contributed by atoms with E-state index in [0.29, 0.717) is 11.6 Å². The number of hydrogen-bond acceptors (Lipinski definition) is 2. The van der Waals surface area contributed by atoms with E-state index in [9.17, 15) is 0 Å². The number of benzene rings is 1. The molecule has 1 atom stereocenters. The normalized spacial score (nSPS) is 12.5. The highest BCUT2D eigenvalue weighted by molar-refractivity contribution is 9.10. The van der Waals surface area contributed by atoms with Gasteiger partial charge in [-0.2, -0.15) is 0 Å². The highest BCUT2D eigenvalue weighted by Gasteiger charge is 2.07. The second-order valence-electron chi connectivity index (χ2n) is 4.40. The van der Waals surface area contributed by atoms with Crippen LogP contribution in [0.1, 0.15) is 18.9 Å². The van der Waals surface area contributed by atoms with Crippen LogP contribution in [0.15, 0.2) is 16.6 Å². The molecule has 102 valence electrons. The molecule has 0 heterocycles. The maximum atomic E-state index is 9.10. The minimum Gasteiger partial charge on any atom is -0.492 e. The number of aryl methyl sites for hydroxylation is 1. The SMILES string of the molecule is Cc1cc(Cl)cc(Br)c1OCCC[NH2+]C[C@@H](C)O. The first-order chi connectivity index (χ1) is 8.50. The molecule has 0 aliphatic heterocycles. The van der Waals surface area contributed by atoms with E-state index >= 15 is 0 Å². The van der Waals surface area contributed by atoms with Crippen molar-refractivity contribution in [1.29, 1.82) is 0 Å². The molecule has 0 bridgehead atoms. The van der Waals surface area contributed by atoms with Crippen LogP contribution in [-0.2, 0) is 0 Å². The zero-order valence-electron chi connectivity index (χ0n) is 10.7. The minimum absolute atomic E-state index is 0.251. The van der Waals surface area contributed by atoms with E-state index in [0.717, 1.165) is 35.3 Å². The van der Waals surface area contributed by atoms with E-state index in [2.05, 4.69) is 21.2 Å². The van der Waals surface area contributed by atoms with Crippen LogP contribution < -0.4 is 10.1 Å². The molecule has 0 aliphatic carbocycles. The molecule has 18 heavy (non-hydrogen) atoms. The lowest BCUT2D eigenvalue weighted by Gasteiger charge is -2.11. The van der Waals surface area contributed by atoms with Gasteiger partial charge in [0, 0.05) is 11.4 Å². The van der Waals surface area contributed by atoms with Gasteiger partial charge in [0.1, 0.15) is 12.3 Å². The van der Waals surface area contributed by atoms with Crippen LogP contribution in [0.2, 0.25) is 5.02 Å². The molecule has 3 nitrogen and oxygen atoms in total. The second-order valence-corrected chi connectivity index (χ2v) is 5.69. The predicted molar refractivity (Wildman–Crippen MR) is 77.3 cm³/mol. The Bertz CT molecular complexity index is 362. The number of rotatable bonds is 7. The highest BCUT2D eigenvalue weighted by atomic mass is 79.9. The van der Waals surface area contributed by atoms with Crippen molar-refractivity contribution >= 4 is 27.5 Å². The quantitative estimate of drug-likeness (QED) is 0.749. The van der Waals surface area contributed by atoms with Gasteiger partial charge in [0.2, 0.25) is 0 Å². The van der Waals surface area contributed by atoms with Crippen LogP contribution in [0.25, 0.3) is 0 Å². The van der Waals surface area contributed by atoms with Crippen molar-refractivity contribution in [3.05, 3.63) is 27.2 Å². The topological polar surface area (TPSA) is 46.1 Å². The lowest BCUT2D eigenvalue weighted by atomic mass is 10.2. The lowest BCUT2D eigenvalue weighted by Crippen LogP contribution is -2.86. The average molecular weight is 338 g/mol. The Morgan fingerprint density at radius 3 is 2.83 bits per heavy atom. The molecule has 0 saturated heterocycles. The Morgan fingerprint density at radius 2 is 2.22 bits per heavy atom. The summed E-state index contributed by atoms with van der Waals surface area (Å²) in [6.07, 6.45) is 0.694. The summed E-state index contributed by atoms with van der Waals surface area (Å²) in [5.41, 5.74) is 1.03. The fraction of sp³-hybridized carbons (Fsp3) is 0.538. The molecule has 0 amide bonds. The largest absolute Gasteiger partial charge is 0.492 e. The summed E-state index contributed by atoms with van der Waals surface area (Å²) in [4.78, 5) is 0. The minimum atomic E-state index is -0.251. The Hall–Kier alpha value is -0.290. The Morgan fingerprint density at radius 1 is 1.50 bits per heavy atom. The fourth-order valence-electron chi connectivity index (χ4n) is 1.63. The fourth-order valence-corrected chi connectivity index (χ4v) is 2.71. The van der Waals surface area contributed by atoms with Crippen molar-refractivity contribution in [2.24, 2.45) is 0 Å². The molecule has 3 N–H and O–H groups in total. The van der Waals surface area contributed by atoms with Gasteiger partial charge in [-0.3, -0.25) is 0 Å². The van der Waals surface area contributed by atoms with Gasteiger partial charge in [-0.05, 0) is 47.5 Å². The predicted octanol–water partition coefficient (Wildman–Crippen LogP) is 2.12. The average Bonchev–Trinajstić information content (AvgIpc) is 2.25.